The van der Waals surface area contributed by atoms with E-state index in [1.54, 1.807) is 13.1 Å². The van der Waals surface area contributed by atoms with E-state index in [-0.39, 0.29) is 5.91 Å². The molecule has 154 valence electrons. The maximum Gasteiger partial charge on any atom is 0.227 e. The summed E-state index contributed by atoms with van der Waals surface area (Å²) in [5.74, 6) is 2.72. The second-order valence-corrected chi connectivity index (χ2v) is 7.70. The number of carbonyl (C=O) groups excluding carboxylic acids is 1. The molecule has 4 heterocycles. The highest BCUT2D eigenvalue weighted by molar-refractivity contribution is 5.73. The van der Waals surface area contributed by atoms with Crippen LogP contribution in [-0.4, -0.2) is 65.2 Å². The van der Waals surface area contributed by atoms with Crippen molar-refractivity contribution in [1.82, 2.24) is 19.9 Å². The predicted molar refractivity (Wildman–Crippen MR) is 112 cm³/mol. The van der Waals surface area contributed by atoms with Crippen molar-refractivity contribution in [3.8, 4) is 0 Å². The van der Waals surface area contributed by atoms with Gasteiger partial charge in [0.05, 0.1) is 18.9 Å². The largest absolute Gasteiger partial charge is 0.378 e. The second kappa shape index (κ2) is 8.73. The van der Waals surface area contributed by atoms with Crippen LogP contribution in [0.5, 0.6) is 0 Å². The molecule has 2 saturated heterocycles. The first kappa shape index (κ1) is 19.6. The van der Waals surface area contributed by atoms with Crippen molar-refractivity contribution < 1.29 is 9.53 Å². The first-order chi connectivity index (χ1) is 14.1. The number of likely N-dealkylation sites (tertiary alicyclic amines) is 1. The number of ether oxygens (including phenoxy) is 1. The average Bonchev–Trinajstić information content (AvgIpc) is 2.74. The molecule has 0 spiro atoms. The van der Waals surface area contributed by atoms with E-state index in [0.717, 1.165) is 67.9 Å². The van der Waals surface area contributed by atoms with Crippen LogP contribution in [0.25, 0.3) is 0 Å². The zero-order valence-electron chi connectivity index (χ0n) is 17.1. The molecule has 1 N–H and O–H groups in total. The maximum absolute atomic E-state index is 11.7. The smallest absolute Gasteiger partial charge is 0.227 e. The summed E-state index contributed by atoms with van der Waals surface area (Å²) in [5, 5.41) is 3.35. The van der Waals surface area contributed by atoms with Crippen molar-refractivity contribution >= 4 is 23.5 Å². The average molecular weight is 396 g/mol. The number of rotatable bonds is 4. The number of nitrogens with one attached hydrogen (secondary N) is 1. The molecule has 0 unspecified atom stereocenters. The van der Waals surface area contributed by atoms with E-state index in [9.17, 15) is 4.79 Å². The molecule has 2 fully saturated rings. The number of aromatic nitrogens is 3. The Morgan fingerprint density at radius 2 is 1.86 bits per heavy atom. The third kappa shape index (κ3) is 4.82. The van der Waals surface area contributed by atoms with Crippen LogP contribution in [0.3, 0.4) is 0 Å². The van der Waals surface area contributed by atoms with E-state index in [2.05, 4.69) is 15.2 Å². The van der Waals surface area contributed by atoms with E-state index < -0.39 is 0 Å². The lowest BCUT2D eigenvalue weighted by atomic mass is 9.93. The molecule has 2 aromatic rings. The van der Waals surface area contributed by atoms with Gasteiger partial charge in [0, 0.05) is 51.3 Å². The molecule has 29 heavy (non-hydrogen) atoms. The van der Waals surface area contributed by atoms with Crippen LogP contribution < -0.4 is 10.2 Å². The fraction of sp³-hybridized carbons (Fsp3) is 0.524. The van der Waals surface area contributed by atoms with E-state index in [1.807, 2.05) is 30.0 Å². The summed E-state index contributed by atoms with van der Waals surface area (Å²) in [7, 11) is 0. The predicted octanol–water partition coefficient (Wildman–Crippen LogP) is 2.49. The summed E-state index contributed by atoms with van der Waals surface area (Å²) < 4.78 is 5.48. The van der Waals surface area contributed by atoms with E-state index >= 15 is 0 Å². The van der Waals surface area contributed by atoms with Gasteiger partial charge in [0.15, 0.2) is 0 Å². The Bertz CT molecular complexity index is 860. The third-order valence-corrected chi connectivity index (χ3v) is 5.56. The SMILES string of the molecule is CC(=O)N1CCC(c2cc(Nc3cc(C)ccn3)nc(N3CCOCC3)n2)CC1. The Balaban J connectivity index is 1.60. The molecule has 0 aliphatic carbocycles. The Hall–Kier alpha value is -2.74. The lowest BCUT2D eigenvalue weighted by molar-refractivity contribution is -0.129. The van der Waals surface area contributed by atoms with Gasteiger partial charge in [0.2, 0.25) is 11.9 Å². The normalized spacial score (nSPS) is 18.0. The molecule has 0 saturated carbocycles. The fourth-order valence-electron chi connectivity index (χ4n) is 3.86. The van der Waals surface area contributed by atoms with Crippen molar-refractivity contribution in [2.75, 3.05) is 49.6 Å². The van der Waals surface area contributed by atoms with Crippen LogP contribution in [0.15, 0.2) is 24.4 Å². The van der Waals surface area contributed by atoms with Crippen LogP contribution >= 0.6 is 0 Å². The Kier molecular flexibility index (Phi) is 5.89. The number of anilines is 3. The van der Waals surface area contributed by atoms with Crippen molar-refractivity contribution in [2.45, 2.75) is 32.6 Å². The zero-order chi connectivity index (χ0) is 20.2. The van der Waals surface area contributed by atoms with Crippen LogP contribution in [-0.2, 0) is 9.53 Å². The van der Waals surface area contributed by atoms with Gasteiger partial charge in [-0.1, -0.05) is 0 Å². The number of hydrogen-bond donors (Lipinski definition) is 1. The maximum atomic E-state index is 11.7. The molecular weight excluding hydrogens is 368 g/mol. The Labute approximate surface area is 171 Å². The number of morpholine rings is 1. The molecule has 2 aliphatic heterocycles. The molecule has 4 rings (SSSR count). The van der Waals surface area contributed by atoms with Gasteiger partial charge >= 0.3 is 0 Å². The van der Waals surface area contributed by atoms with Crippen molar-refractivity contribution in [3.63, 3.8) is 0 Å². The van der Waals surface area contributed by atoms with Crippen LogP contribution in [0.4, 0.5) is 17.6 Å². The molecule has 8 heteroatoms. The van der Waals surface area contributed by atoms with Crippen molar-refractivity contribution in [1.29, 1.82) is 0 Å². The van der Waals surface area contributed by atoms with Crippen molar-refractivity contribution in [2.24, 2.45) is 0 Å². The molecule has 0 bridgehead atoms. The van der Waals surface area contributed by atoms with Gasteiger partial charge in [0.25, 0.3) is 0 Å². The monoisotopic (exact) mass is 396 g/mol. The molecule has 0 aromatic carbocycles. The van der Waals surface area contributed by atoms with E-state index in [4.69, 9.17) is 14.7 Å². The van der Waals surface area contributed by atoms with Crippen LogP contribution in [0, 0.1) is 6.92 Å². The minimum atomic E-state index is 0.146. The topological polar surface area (TPSA) is 83.5 Å². The number of aryl methyl sites for hydroxylation is 1. The number of hydrogen-bond acceptors (Lipinski definition) is 7. The van der Waals surface area contributed by atoms with Gasteiger partial charge in [-0.05, 0) is 37.5 Å². The summed E-state index contributed by atoms with van der Waals surface area (Å²) in [6.45, 7) is 8.18. The van der Waals surface area contributed by atoms with Gasteiger partial charge < -0.3 is 19.9 Å². The highest BCUT2D eigenvalue weighted by Gasteiger charge is 2.25. The second-order valence-electron chi connectivity index (χ2n) is 7.70. The highest BCUT2D eigenvalue weighted by Crippen LogP contribution is 2.30. The van der Waals surface area contributed by atoms with Crippen LogP contribution in [0.2, 0.25) is 0 Å². The molecule has 1 amide bonds. The number of pyridine rings is 1. The number of amides is 1. The highest BCUT2D eigenvalue weighted by atomic mass is 16.5. The number of piperidine rings is 1. The van der Waals surface area contributed by atoms with Crippen LogP contribution in [0.1, 0.15) is 36.9 Å². The summed E-state index contributed by atoms with van der Waals surface area (Å²) in [4.78, 5) is 29.8. The van der Waals surface area contributed by atoms with Gasteiger partial charge in [-0.15, -0.1) is 0 Å². The summed E-state index contributed by atoms with van der Waals surface area (Å²) in [6, 6.07) is 6.00. The molecular formula is C21H28N6O2. The molecule has 0 radical (unpaired) electrons. The molecule has 2 aromatic heterocycles. The summed E-state index contributed by atoms with van der Waals surface area (Å²) in [6.07, 6.45) is 3.63. The minimum Gasteiger partial charge on any atom is -0.378 e. The number of carbonyl (C=O) groups is 1. The van der Waals surface area contributed by atoms with E-state index in [1.165, 1.54) is 0 Å². The third-order valence-electron chi connectivity index (χ3n) is 5.56. The lowest BCUT2D eigenvalue weighted by Gasteiger charge is -2.32. The first-order valence-electron chi connectivity index (χ1n) is 10.3. The van der Waals surface area contributed by atoms with Gasteiger partial charge in [-0.2, -0.15) is 4.98 Å². The standard InChI is InChI=1S/C21H28N6O2/c1-15-3-6-22-19(13-15)24-20-14-18(17-4-7-26(8-5-17)16(2)28)23-21(25-20)27-9-11-29-12-10-27/h3,6,13-14,17H,4-5,7-12H2,1-2H3,(H,22,23,24,25). The lowest BCUT2D eigenvalue weighted by Crippen LogP contribution is -2.38. The summed E-state index contributed by atoms with van der Waals surface area (Å²) >= 11 is 0. The molecule has 8 nitrogen and oxygen atoms in total. The Morgan fingerprint density at radius 3 is 2.55 bits per heavy atom. The minimum absolute atomic E-state index is 0.146. The quantitative estimate of drug-likeness (QED) is 0.850. The van der Waals surface area contributed by atoms with Gasteiger partial charge in [-0.3, -0.25) is 4.79 Å². The van der Waals surface area contributed by atoms with E-state index in [0.29, 0.717) is 19.1 Å². The number of nitrogens with zero attached hydrogens (tertiary/aromatic N) is 5. The Morgan fingerprint density at radius 1 is 1.10 bits per heavy atom. The van der Waals surface area contributed by atoms with Gasteiger partial charge in [-0.25, -0.2) is 9.97 Å². The first-order valence-corrected chi connectivity index (χ1v) is 10.3. The summed E-state index contributed by atoms with van der Waals surface area (Å²) in [5.41, 5.74) is 2.17. The fourth-order valence-corrected chi connectivity index (χ4v) is 3.86. The molecule has 0 atom stereocenters. The van der Waals surface area contributed by atoms with Gasteiger partial charge in [0.1, 0.15) is 11.6 Å². The van der Waals surface area contributed by atoms with Crippen molar-refractivity contribution in [3.05, 3.63) is 35.7 Å². The molecule has 2 aliphatic rings. The zero-order valence-corrected chi connectivity index (χ0v) is 17.1.